The van der Waals surface area contributed by atoms with Gasteiger partial charge in [0, 0.05) is 24.7 Å². The second-order valence-corrected chi connectivity index (χ2v) is 8.38. The first-order valence-corrected chi connectivity index (χ1v) is 10.3. The maximum Gasteiger partial charge on any atom is 0.321 e. The molecule has 7 nitrogen and oxygen atoms in total. The van der Waals surface area contributed by atoms with Crippen molar-refractivity contribution in [3.8, 4) is 0 Å². The summed E-state index contributed by atoms with van der Waals surface area (Å²) in [5.74, 6) is 0.0973. The molecule has 0 bridgehead atoms. The first kappa shape index (κ1) is 20.6. The smallest absolute Gasteiger partial charge is 0.321 e. The van der Waals surface area contributed by atoms with E-state index in [1.807, 2.05) is 30.3 Å². The number of benzene rings is 1. The Morgan fingerprint density at radius 3 is 2.43 bits per heavy atom. The average molecular weight is 390 g/mol. The van der Waals surface area contributed by atoms with Crippen LogP contribution >= 0.6 is 0 Å². The van der Waals surface area contributed by atoms with E-state index in [2.05, 4.69) is 24.5 Å². The number of ether oxygens (including phenoxy) is 1. The summed E-state index contributed by atoms with van der Waals surface area (Å²) in [5, 5.41) is 6.06. The number of amides is 3. The van der Waals surface area contributed by atoms with Crippen LogP contribution in [0.1, 0.15) is 26.7 Å². The van der Waals surface area contributed by atoms with Crippen LogP contribution in [0, 0.1) is 5.92 Å². The highest BCUT2D eigenvalue weighted by Crippen LogP contribution is 2.18. The zero-order chi connectivity index (χ0) is 20.0. The van der Waals surface area contributed by atoms with Gasteiger partial charge in [0.1, 0.15) is 18.6 Å². The maximum absolute atomic E-state index is 12.6. The van der Waals surface area contributed by atoms with E-state index in [0.717, 1.165) is 32.0 Å². The number of rotatable bonds is 5. The Balaban J connectivity index is 1.41. The molecule has 2 fully saturated rings. The van der Waals surface area contributed by atoms with Crippen LogP contribution in [0.5, 0.6) is 0 Å². The van der Waals surface area contributed by atoms with E-state index in [1.165, 1.54) is 4.90 Å². The molecule has 1 aromatic rings. The minimum Gasteiger partial charge on any atom is -0.370 e. The van der Waals surface area contributed by atoms with Gasteiger partial charge in [-0.1, -0.05) is 18.2 Å². The molecule has 2 saturated heterocycles. The molecule has 2 heterocycles. The zero-order valence-corrected chi connectivity index (χ0v) is 17.0. The van der Waals surface area contributed by atoms with E-state index >= 15 is 0 Å². The zero-order valence-electron chi connectivity index (χ0n) is 17.0. The fraction of sp³-hybridized carbons (Fsp3) is 0.619. The third-order valence-corrected chi connectivity index (χ3v) is 5.94. The SMILES string of the molecule is CC(C)(CNC(=O)C1CCN(C(=O)Nc2ccccc2)CC1)[NH+]1CCOCC1. The molecule has 3 N–H and O–H groups in total. The molecule has 1 aromatic carbocycles. The predicted octanol–water partition coefficient (Wildman–Crippen LogP) is 0.740. The van der Waals surface area contributed by atoms with Crippen molar-refractivity contribution in [2.24, 2.45) is 5.92 Å². The minimum absolute atomic E-state index is 0.00425. The molecule has 2 aliphatic rings. The highest BCUT2D eigenvalue weighted by Gasteiger charge is 2.34. The van der Waals surface area contributed by atoms with Gasteiger partial charge in [-0.05, 0) is 38.8 Å². The van der Waals surface area contributed by atoms with Gasteiger partial charge in [0.05, 0.1) is 19.8 Å². The van der Waals surface area contributed by atoms with E-state index in [0.29, 0.717) is 32.5 Å². The number of quaternary nitrogens is 1. The van der Waals surface area contributed by atoms with Crippen molar-refractivity contribution in [1.29, 1.82) is 0 Å². The fourth-order valence-electron chi connectivity index (χ4n) is 3.94. The van der Waals surface area contributed by atoms with E-state index < -0.39 is 0 Å². The normalized spacial score (nSPS) is 19.3. The number of para-hydroxylation sites is 1. The summed E-state index contributed by atoms with van der Waals surface area (Å²) in [7, 11) is 0. The number of urea groups is 1. The number of hydrogen-bond donors (Lipinski definition) is 3. The summed E-state index contributed by atoms with van der Waals surface area (Å²) in [5.41, 5.74) is 0.788. The highest BCUT2D eigenvalue weighted by molar-refractivity contribution is 5.89. The Morgan fingerprint density at radius 1 is 1.14 bits per heavy atom. The average Bonchev–Trinajstić information content (AvgIpc) is 2.73. The van der Waals surface area contributed by atoms with E-state index in [9.17, 15) is 9.59 Å². The second-order valence-electron chi connectivity index (χ2n) is 8.38. The van der Waals surface area contributed by atoms with Gasteiger partial charge in [-0.25, -0.2) is 4.79 Å². The van der Waals surface area contributed by atoms with Crippen molar-refractivity contribution < 1.29 is 19.2 Å². The topological polar surface area (TPSA) is 75.1 Å². The van der Waals surface area contributed by atoms with Crippen LogP contribution in [0.25, 0.3) is 0 Å². The summed E-state index contributed by atoms with van der Waals surface area (Å²) in [6.45, 7) is 9.82. The number of nitrogens with one attached hydrogen (secondary N) is 3. The highest BCUT2D eigenvalue weighted by atomic mass is 16.5. The minimum atomic E-state index is -0.0953. The molecule has 0 unspecified atom stereocenters. The van der Waals surface area contributed by atoms with Gasteiger partial charge in [-0.3, -0.25) is 4.79 Å². The number of anilines is 1. The molecule has 28 heavy (non-hydrogen) atoms. The summed E-state index contributed by atoms with van der Waals surface area (Å²) in [6.07, 6.45) is 1.41. The molecule has 154 valence electrons. The number of piperidine rings is 1. The summed E-state index contributed by atoms with van der Waals surface area (Å²) < 4.78 is 5.44. The molecule has 0 spiro atoms. The molecule has 7 heteroatoms. The lowest BCUT2D eigenvalue weighted by Gasteiger charge is -2.38. The molecule has 2 aliphatic heterocycles. The van der Waals surface area contributed by atoms with Crippen molar-refractivity contribution >= 4 is 17.6 Å². The monoisotopic (exact) mass is 389 g/mol. The van der Waals surface area contributed by atoms with Gasteiger partial charge in [-0.2, -0.15) is 0 Å². The Bertz CT molecular complexity index is 651. The quantitative estimate of drug-likeness (QED) is 0.695. The summed E-state index contributed by atoms with van der Waals surface area (Å²) >= 11 is 0. The lowest BCUT2D eigenvalue weighted by Crippen LogP contribution is -3.22. The van der Waals surface area contributed by atoms with Crippen molar-refractivity contribution in [2.45, 2.75) is 32.2 Å². The van der Waals surface area contributed by atoms with Gasteiger partial charge in [0.2, 0.25) is 5.91 Å². The van der Waals surface area contributed by atoms with Crippen LogP contribution in [-0.4, -0.2) is 68.3 Å². The van der Waals surface area contributed by atoms with Gasteiger partial charge < -0.3 is 25.2 Å². The van der Waals surface area contributed by atoms with Gasteiger partial charge in [0.15, 0.2) is 0 Å². The Labute approximate surface area is 167 Å². The van der Waals surface area contributed by atoms with Crippen LogP contribution in [0.15, 0.2) is 30.3 Å². The molecule has 0 saturated carbocycles. The molecule has 0 radical (unpaired) electrons. The molecular weight excluding hydrogens is 356 g/mol. The van der Waals surface area contributed by atoms with Crippen LogP contribution < -0.4 is 15.5 Å². The molecular formula is C21H33N4O3+. The third kappa shape index (κ3) is 5.45. The molecule has 0 atom stereocenters. The van der Waals surface area contributed by atoms with Crippen LogP contribution in [0.3, 0.4) is 0 Å². The third-order valence-electron chi connectivity index (χ3n) is 5.94. The predicted molar refractivity (Wildman–Crippen MR) is 108 cm³/mol. The van der Waals surface area contributed by atoms with Crippen LogP contribution in [0.2, 0.25) is 0 Å². The number of likely N-dealkylation sites (tertiary alicyclic amines) is 1. The summed E-state index contributed by atoms with van der Waals surface area (Å²) in [4.78, 5) is 28.3. The number of hydrogen-bond acceptors (Lipinski definition) is 3. The van der Waals surface area contributed by atoms with Gasteiger partial charge >= 0.3 is 6.03 Å². The Hall–Kier alpha value is -2.12. The van der Waals surface area contributed by atoms with Crippen molar-refractivity contribution in [2.75, 3.05) is 51.3 Å². The van der Waals surface area contributed by atoms with Crippen molar-refractivity contribution in [3.05, 3.63) is 30.3 Å². The number of nitrogens with zero attached hydrogens (tertiary/aromatic N) is 1. The lowest BCUT2D eigenvalue weighted by atomic mass is 9.95. The summed E-state index contributed by atoms with van der Waals surface area (Å²) in [6, 6.07) is 9.36. The van der Waals surface area contributed by atoms with E-state index in [-0.39, 0.29) is 23.4 Å². The Kier molecular flexibility index (Phi) is 6.91. The largest absolute Gasteiger partial charge is 0.370 e. The molecule has 3 amide bonds. The molecule has 3 rings (SSSR count). The van der Waals surface area contributed by atoms with Gasteiger partial charge in [-0.15, -0.1) is 0 Å². The fourth-order valence-corrected chi connectivity index (χ4v) is 3.94. The first-order valence-electron chi connectivity index (χ1n) is 10.3. The molecule has 0 aliphatic carbocycles. The lowest BCUT2D eigenvalue weighted by molar-refractivity contribution is -0.954. The van der Waals surface area contributed by atoms with Crippen molar-refractivity contribution in [1.82, 2.24) is 10.2 Å². The number of carbonyl (C=O) groups is 2. The first-order chi connectivity index (χ1) is 13.5. The van der Waals surface area contributed by atoms with Crippen LogP contribution in [-0.2, 0) is 9.53 Å². The number of carbonyl (C=O) groups excluding carboxylic acids is 2. The van der Waals surface area contributed by atoms with Gasteiger partial charge in [0.25, 0.3) is 0 Å². The molecule has 0 aromatic heterocycles. The number of morpholine rings is 1. The van der Waals surface area contributed by atoms with E-state index in [4.69, 9.17) is 4.74 Å². The maximum atomic E-state index is 12.6. The van der Waals surface area contributed by atoms with E-state index in [1.54, 1.807) is 4.90 Å². The van der Waals surface area contributed by atoms with Crippen LogP contribution in [0.4, 0.5) is 10.5 Å². The Morgan fingerprint density at radius 2 is 1.79 bits per heavy atom. The second kappa shape index (κ2) is 9.39. The van der Waals surface area contributed by atoms with Crippen molar-refractivity contribution in [3.63, 3.8) is 0 Å². The standard InChI is InChI=1S/C21H32N4O3/c1-21(2,25-12-14-28-15-13-25)16-22-19(26)17-8-10-24(11-9-17)20(27)23-18-6-4-3-5-7-18/h3-7,17H,8-16H2,1-2H3,(H,22,26)(H,23,27)/p+1.